The Morgan fingerprint density at radius 1 is 0.455 bits per heavy atom. The SMILES string of the molecule is c1ccc(-c2cc(-c3ccccc3)n3c(-c4ccccc4)c(-c4ccccc4)nc3n2)cc1. The van der Waals surface area contributed by atoms with Gasteiger partial charge in [0.15, 0.2) is 0 Å². The first-order valence-corrected chi connectivity index (χ1v) is 11.0. The standard InChI is InChI=1S/C30H21N3/c1-5-13-22(14-6-1)26-21-27(23-15-7-2-8-16-23)33-29(25-19-11-4-12-20-25)28(32-30(33)31-26)24-17-9-3-10-18-24/h1-21H. The number of aromatic nitrogens is 3. The van der Waals surface area contributed by atoms with Crippen LogP contribution < -0.4 is 0 Å². The minimum absolute atomic E-state index is 0.688. The Bertz CT molecular complexity index is 1520. The van der Waals surface area contributed by atoms with E-state index in [1.807, 2.05) is 36.4 Å². The fraction of sp³-hybridized carbons (Fsp3) is 0. The summed E-state index contributed by atoms with van der Waals surface area (Å²) in [6, 6.07) is 43.7. The van der Waals surface area contributed by atoms with Crippen LogP contribution in [0.4, 0.5) is 0 Å². The van der Waals surface area contributed by atoms with Crippen molar-refractivity contribution in [1.29, 1.82) is 0 Å². The lowest BCUT2D eigenvalue weighted by Crippen LogP contribution is -1.99. The number of benzene rings is 4. The van der Waals surface area contributed by atoms with Gasteiger partial charge in [-0.1, -0.05) is 121 Å². The molecule has 4 aromatic carbocycles. The van der Waals surface area contributed by atoms with Crippen LogP contribution in [0.1, 0.15) is 0 Å². The van der Waals surface area contributed by atoms with Crippen molar-refractivity contribution in [1.82, 2.24) is 14.4 Å². The van der Waals surface area contributed by atoms with Crippen molar-refractivity contribution >= 4 is 5.78 Å². The summed E-state index contributed by atoms with van der Waals surface area (Å²) in [4.78, 5) is 10.1. The monoisotopic (exact) mass is 423 g/mol. The molecule has 2 aromatic heterocycles. The van der Waals surface area contributed by atoms with Crippen LogP contribution in [0, 0.1) is 0 Å². The van der Waals surface area contributed by atoms with E-state index in [2.05, 4.69) is 95.4 Å². The van der Waals surface area contributed by atoms with Crippen molar-refractivity contribution in [2.75, 3.05) is 0 Å². The van der Waals surface area contributed by atoms with E-state index in [1.165, 1.54) is 0 Å². The molecule has 0 aliphatic carbocycles. The predicted molar refractivity (Wildman–Crippen MR) is 135 cm³/mol. The van der Waals surface area contributed by atoms with Crippen LogP contribution in [0.2, 0.25) is 0 Å². The third-order valence-corrected chi connectivity index (χ3v) is 5.83. The Morgan fingerprint density at radius 3 is 1.52 bits per heavy atom. The van der Waals surface area contributed by atoms with Gasteiger partial charge in [-0.25, -0.2) is 9.97 Å². The summed E-state index contributed by atoms with van der Waals surface area (Å²) in [5.41, 5.74) is 8.31. The second kappa shape index (κ2) is 8.21. The van der Waals surface area contributed by atoms with E-state index in [0.717, 1.165) is 45.0 Å². The molecule has 2 heterocycles. The van der Waals surface area contributed by atoms with E-state index >= 15 is 0 Å². The van der Waals surface area contributed by atoms with Crippen molar-refractivity contribution in [3.8, 4) is 45.0 Å². The molecule has 6 aromatic rings. The average molecular weight is 424 g/mol. The molecular weight excluding hydrogens is 402 g/mol. The minimum Gasteiger partial charge on any atom is -0.276 e. The fourth-order valence-corrected chi connectivity index (χ4v) is 4.28. The molecule has 0 aliphatic heterocycles. The molecule has 0 saturated heterocycles. The van der Waals surface area contributed by atoms with Crippen LogP contribution in [-0.2, 0) is 0 Å². The highest BCUT2D eigenvalue weighted by Gasteiger charge is 2.21. The van der Waals surface area contributed by atoms with Gasteiger partial charge in [0.2, 0.25) is 5.78 Å². The number of rotatable bonds is 4. The fourth-order valence-electron chi connectivity index (χ4n) is 4.28. The Hall–Kier alpha value is -4.50. The zero-order valence-electron chi connectivity index (χ0n) is 18.0. The summed E-state index contributed by atoms with van der Waals surface area (Å²) < 4.78 is 2.19. The van der Waals surface area contributed by atoms with Crippen LogP contribution in [-0.4, -0.2) is 14.4 Å². The van der Waals surface area contributed by atoms with E-state index in [4.69, 9.17) is 9.97 Å². The molecule has 0 fully saturated rings. The van der Waals surface area contributed by atoms with Gasteiger partial charge in [-0.3, -0.25) is 4.40 Å². The second-order valence-electron chi connectivity index (χ2n) is 7.94. The Kier molecular flexibility index (Phi) is 4.78. The first-order chi connectivity index (χ1) is 16.4. The van der Waals surface area contributed by atoms with Gasteiger partial charge in [-0.2, -0.15) is 0 Å². The highest BCUT2D eigenvalue weighted by molar-refractivity contribution is 5.84. The molecule has 33 heavy (non-hydrogen) atoms. The van der Waals surface area contributed by atoms with Gasteiger partial charge in [0.25, 0.3) is 0 Å². The number of fused-ring (bicyclic) bond motifs is 1. The lowest BCUT2D eigenvalue weighted by atomic mass is 10.0. The predicted octanol–water partition coefficient (Wildman–Crippen LogP) is 7.40. The van der Waals surface area contributed by atoms with Crippen LogP contribution >= 0.6 is 0 Å². The van der Waals surface area contributed by atoms with Crippen LogP contribution in [0.15, 0.2) is 127 Å². The van der Waals surface area contributed by atoms with E-state index in [9.17, 15) is 0 Å². The van der Waals surface area contributed by atoms with Crippen molar-refractivity contribution in [3.63, 3.8) is 0 Å². The summed E-state index contributed by atoms with van der Waals surface area (Å²) >= 11 is 0. The molecular formula is C30H21N3. The molecule has 0 atom stereocenters. The van der Waals surface area contributed by atoms with E-state index in [-0.39, 0.29) is 0 Å². The molecule has 0 aliphatic rings. The molecule has 6 rings (SSSR count). The largest absolute Gasteiger partial charge is 0.276 e. The van der Waals surface area contributed by atoms with Crippen LogP contribution in [0.5, 0.6) is 0 Å². The molecule has 0 saturated carbocycles. The topological polar surface area (TPSA) is 30.2 Å². The average Bonchev–Trinajstić information content (AvgIpc) is 3.30. The van der Waals surface area contributed by atoms with Gasteiger partial charge in [-0.05, 0) is 11.6 Å². The summed E-state index contributed by atoms with van der Waals surface area (Å²) in [5.74, 6) is 0.688. The number of nitrogens with zero attached hydrogens (tertiary/aromatic N) is 3. The maximum atomic E-state index is 5.08. The third-order valence-electron chi connectivity index (χ3n) is 5.83. The molecule has 3 nitrogen and oxygen atoms in total. The van der Waals surface area contributed by atoms with Crippen LogP contribution in [0.25, 0.3) is 50.8 Å². The van der Waals surface area contributed by atoms with Gasteiger partial charge in [-0.15, -0.1) is 0 Å². The summed E-state index contributed by atoms with van der Waals surface area (Å²) in [6.07, 6.45) is 0. The highest BCUT2D eigenvalue weighted by atomic mass is 15.1. The van der Waals surface area contributed by atoms with Gasteiger partial charge in [0.1, 0.15) is 0 Å². The molecule has 0 radical (unpaired) electrons. The van der Waals surface area contributed by atoms with Crippen molar-refractivity contribution in [2.24, 2.45) is 0 Å². The maximum absolute atomic E-state index is 5.08. The molecule has 0 N–H and O–H groups in total. The summed E-state index contributed by atoms with van der Waals surface area (Å²) in [5, 5.41) is 0. The lowest BCUT2D eigenvalue weighted by molar-refractivity contribution is 1.12. The Balaban J connectivity index is 1.74. The van der Waals surface area contributed by atoms with E-state index < -0.39 is 0 Å². The van der Waals surface area contributed by atoms with Crippen molar-refractivity contribution < 1.29 is 0 Å². The Morgan fingerprint density at radius 2 is 0.939 bits per heavy atom. The molecule has 156 valence electrons. The lowest BCUT2D eigenvalue weighted by Gasteiger charge is -2.12. The van der Waals surface area contributed by atoms with Gasteiger partial charge < -0.3 is 0 Å². The van der Waals surface area contributed by atoms with Gasteiger partial charge in [0, 0.05) is 16.7 Å². The second-order valence-corrected chi connectivity index (χ2v) is 7.94. The first-order valence-electron chi connectivity index (χ1n) is 11.0. The summed E-state index contributed by atoms with van der Waals surface area (Å²) in [6.45, 7) is 0. The minimum atomic E-state index is 0.688. The molecule has 3 heteroatoms. The summed E-state index contributed by atoms with van der Waals surface area (Å²) in [7, 11) is 0. The quantitative estimate of drug-likeness (QED) is 0.296. The number of hydrogen-bond acceptors (Lipinski definition) is 2. The maximum Gasteiger partial charge on any atom is 0.235 e. The zero-order valence-corrected chi connectivity index (χ0v) is 18.0. The molecule has 0 bridgehead atoms. The highest BCUT2D eigenvalue weighted by Crippen LogP contribution is 2.36. The van der Waals surface area contributed by atoms with E-state index in [1.54, 1.807) is 0 Å². The number of hydrogen-bond donors (Lipinski definition) is 0. The van der Waals surface area contributed by atoms with Gasteiger partial charge >= 0.3 is 0 Å². The zero-order chi connectivity index (χ0) is 22.0. The molecule has 0 amide bonds. The normalized spacial score (nSPS) is 11.0. The first kappa shape index (κ1) is 19.2. The molecule has 0 unspecified atom stereocenters. The smallest absolute Gasteiger partial charge is 0.235 e. The van der Waals surface area contributed by atoms with Crippen molar-refractivity contribution in [3.05, 3.63) is 127 Å². The third kappa shape index (κ3) is 3.50. The van der Waals surface area contributed by atoms with Gasteiger partial charge in [0.05, 0.1) is 22.8 Å². The Labute approximate surface area is 192 Å². The van der Waals surface area contributed by atoms with Crippen LogP contribution in [0.3, 0.4) is 0 Å². The number of imidazole rings is 1. The van der Waals surface area contributed by atoms with E-state index in [0.29, 0.717) is 5.78 Å². The van der Waals surface area contributed by atoms with Crippen molar-refractivity contribution in [2.45, 2.75) is 0 Å². The molecule has 0 spiro atoms.